The minimum absolute atomic E-state index is 0.303. The third-order valence-electron chi connectivity index (χ3n) is 4.72. The van der Waals surface area contributed by atoms with Crippen molar-refractivity contribution in [2.24, 2.45) is 0 Å². The van der Waals surface area contributed by atoms with E-state index in [1.807, 2.05) is 19.9 Å². The van der Waals surface area contributed by atoms with Gasteiger partial charge in [0.25, 0.3) is 0 Å². The molecule has 8 heteroatoms. The molecular weight excluding hydrogens is 363 g/mol. The van der Waals surface area contributed by atoms with Gasteiger partial charge in [0, 0.05) is 41.6 Å². The number of fused-ring (bicyclic) bond motifs is 1. The summed E-state index contributed by atoms with van der Waals surface area (Å²) in [4.78, 5) is 11.7. The minimum atomic E-state index is -0.589. The lowest BCUT2D eigenvalue weighted by Crippen LogP contribution is -2.07. The minimum Gasteiger partial charge on any atom is -0.481 e. The Morgan fingerprint density at radius 2 is 1.93 bits per heavy atom. The van der Waals surface area contributed by atoms with Gasteiger partial charge in [-0.05, 0) is 26.0 Å². The molecule has 0 radical (unpaired) electrons. The molecular formula is C20H19FN4O3. The molecule has 0 saturated carbocycles. The number of nitrogens with zero attached hydrogens (tertiary/aromatic N) is 3. The highest BCUT2D eigenvalue weighted by atomic mass is 19.1. The van der Waals surface area contributed by atoms with Gasteiger partial charge >= 0.3 is 0 Å². The molecule has 1 atom stereocenters. The van der Waals surface area contributed by atoms with E-state index in [1.54, 1.807) is 19.5 Å². The number of nitrogens with one attached hydrogen (secondary N) is 1. The Bertz CT molecular complexity index is 1130. The Hall–Kier alpha value is -3.26. The Morgan fingerprint density at radius 3 is 2.61 bits per heavy atom. The van der Waals surface area contributed by atoms with Crippen molar-refractivity contribution in [2.45, 2.75) is 20.0 Å². The van der Waals surface area contributed by atoms with Gasteiger partial charge in [0.15, 0.2) is 0 Å². The van der Waals surface area contributed by atoms with Crippen molar-refractivity contribution in [1.82, 2.24) is 20.1 Å². The molecule has 0 saturated heterocycles. The summed E-state index contributed by atoms with van der Waals surface area (Å²) < 4.78 is 30.1. The lowest BCUT2D eigenvalue weighted by Gasteiger charge is -2.17. The van der Waals surface area contributed by atoms with E-state index in [1.165, 1.54) is 13.2 Å². The van der Waals surface area contributed by atoms with Crippen LogP contribution in [0.4, 0.5) is 4.39 Å². The molecule has 4 heterocycles. The maximum absolute atomic E-state index is 13.9. The fourth-order valence-electron chi connectivity index (χ4n) is 3.49. The quantitative estimate of drug-likeness (QED) is 0.559. The maximum atomic E-state index is 13.9. The van der Waals surface area contributed by atoms with E-state index in [9.17, 15) is 4.39 Å². The molecule has 0 aromatic carbocycles. The van der Waals surface area contributed by atoms with Crippen LogP contribution in [0.25, 0.3) is 22.2 Å². The van der Waals surface area contributed by atoms with E-state index < -0.39 is 11.9 Å². The molecule has 0 aliphatic rings. The van der Waals surface area contributed by atoms with E-state index in [-0.39, 0.29) is 0 Å². The van der Waals surface area contributed by atoms with Crippen LogP contribution in [0.3, 0.4) is 0 Å². The van der Waals surface area contributed by atoms with Crippen LogP contribution in [0.1, 0.15) is 28.7 Å². The Morgan fingerprint density at radius 1 is 1.11 bits per heavy atom. The number of H-pyrrole nitrogens is 1. The van der Waals surface area contributed by atoms with Crippen molar-refractivity contribution in [3.8, 4) is 17.0 Å². The molecule has 0 fully saturated rings. The Labute approximate surface area is 160 Å². The molecule has 7 nitrogen and oxygen atoms in total. The van der Waals surface area contributed by atoms with Crippen molar-refractivity contribution >= 4 is 11.0 Å². The van der Waals surface area contributed by atoms with Crippen molar-refractivity contribution < 1.29 is 18.4 Å². The van der Waals surface area contributed by atoms with Gasteiger partial charge in [-0.25, -0.2) is 14.4 Å². The van der Waals surface area contributed by atoms with Crippen LogP contribution in [-0.2, 0) is 4.74 Å². The first-order valence-electron chi connectivity index (χ1n) is 8.66. The van der Waals surface area contributed by atoms with Crippen LogP contribution in [0.5, 0.6) is 5.88 Å². The normalized spacial score (nSPS) is 12.5. The summed E-state index contributed by atoms with van der Waals surface area (Å²) >= 11 is 0. The molecule has 4 rings (SSSR count). The highest BCUT2D eigenvalue weighted by Crippen LogP contribution is 2.37. The monoisotopic (exact) mass is 382 g/mol. The summed E-state index contributed by atoms with van der Waals surface area (Å²) in [6.45, 7) is 3.74. The van der Waals surface area contributed by atoms with Gasteiger partial charge in [0.1, 0.15) is 23.3 Å². The number of methoxy groups -OCH3 is 2. The first kappa shape index (κ1) is 18.1. The highest BCUT2D eigenvalue weighted by Gasteiger charge is 2.24. The summed E-state index contributed by atoms with van der Waals surface area (Å²) in [6, 6.07) is 3.36. The van der Waals surface area contributed by atoms with Crippen molar-refractivity contribution in [2.75, 3.05) is 14.2 Å². The molecule has 144 valence electrons. The zero-order valence-corrected chi connectivity index (χ0v) is 15.9. The maximum Gasteiger partial charge on any atom is 0.219 e. The third kappa shape index (κ3) is 2.91. The SMILES string of the molecule is COc1ncc(F)cc1C(OC)c1c[nH]c2ncc(-c3c(C)noc3C)cc12. The van der Waals surface area contributed by atoms with E-state index in [0.29, 0.717) is 17.1 Å². The second kappa shape index (κ2) is 7.05. The van der Waals surface area contributed by atoms with E-state index in [4.69, 9.17) is 14.0 Å². The van der Waals surface area contributed by atoms with Crippen LogP contribution in [0.15, 0.2) is 35.2 Å². The molecule has 0 bridgehead atoms. The fourth-order valence-corrected chi connectivity index (χ4v) is 3.49. The lowest BCUT2D eigenvalue weighted by molar-refractivity contribution is 0.133. The molecule has 1 N–H and O–H groups in total. The number of hydrogen-bond acceptors (Lipinski definition) is 6. The van der Waals surface area contributed by atoms with Gasteiger partial charge in [-0.2, -0.15) is 0 Å². The number of aromatic amines is 1. The Kier molecular flexibility index (Phi) is 4.56. The van der Waals surface area contributed by atoms with E-state index in [0.717, 1.165) is 39.7 Å². The van der Waals surface area contributed by atoms with Gasteiger partial charge in [0.05, 0.1) is 24.6 Å². The van der Waals surface area contributed by atoms with Crippen LogP contribution in [0, 0.1) is 19.7 Å². The van der Waals surface area contributed by atoms with Crippen LogP contribution in [-0.4, -0.2) is 34.3 Å². The number of rotatable bonds is 5. The molecule has 4 aromatic heterocycles. The molecule has 4 aromatic rings. The summed E-state index contributed by atoms with van der Waals surface area (Å²) in [6.07, 6.45) is 4.09. The van der Waals surface area contributed by atoms with Crippen LogP contribution >= 0.6 is 0 Å². The second-order valence-electron chi connectivity index (χ2n) is 6.43. The summed E-state index contributed by atoms with van der Waals surface area (Å²) in [5.41, 5.74) is 4.55. The smallest absolute Gasteiger partial charge is 0.219 e. The molecule has 0 aliphatic heterocycles. The van der Waals surface area contributed by atoms with Crippen molar-refractivity contribution in [3.05, 3.63) is 59.1 Å². The number of ether oxygens (including phenoxy) is 2. The summed E-state index contributed by atoms with van der Waals surface area (Å²) in [5.74, 6) is 0.555. The average molecular weight is 382 g/mol. The number of halogens is 1. The number of pyridine rings is 2. The van der Waals surface area contributed by atoms with Gasteiger partial charge in [-0.1, -0.05) is 5.16 Å². The Balaban J connectivity index is 1.89. The molecule has 0 amide bonds. The van der Waals surface area contributed by atoms with Gasteiger partial charge in [-0.15, -0.1) is 0 Å². The van der Waals surface area contributed by atoms with E-state index >= 15 is 0 Å². The van der Waals surface area contributed by atoms with Crippen LogP contribution in [0.2, 0.25) is 0 Å². The topological polar surface area (TPSA) is 86.1 Å². The summed E-state index contributed by atoms with van der Waals surface area (Å²) in [7, 11) is 3.04. The van der Waals surface area contributed by atoms with Crippen molar-refractivity contribution in [3.63, 3.8) is 0 Å². The lowest BCUT2D eigenvalue weighted by atomic mass is 9.99. The highest BCUT2D eigenvalue weighted by molar-refractivity contribution is 5.86. The van der Waals surface area contributed by atoms with Crippen LogP contribution < -0.4 is 4.74 Å². The van der Waals surface area contributed by atoms with Gasteiger partial charge in [-0.3, -0.25) is 0 Å². The predicted molar refractivity (Wildman–Crippen MR) is 101 cm³/mol. The molecule has 0 spiro atoms. The zero-order valence-electron chi connectivity index (χ0n) is 15.9. The number of hydrogen-bond donors (Lipinski definition) is 1. The number of aryl methyl sites for hydroxylation is 2. The summed E-state index contributed by atoms with van der Waals surface area (Å²) in [5, 5.41) is 4.86. The second-order valence-corrected chi connectivity index (χ2v) is 6.43. The van der Waals surface area contributed by atoms with E-state index in [2.05, 4.69) is 20.1 Å². The first-order chi connectivity index (χ1) is 13.5. The largest absolute Gasteiger partial charge is 0.481 e. The van der Waals surface area contributed by atoms with Gasteiger partial charge in [0.2, 0.25) is 5.88 Å². The molecule has 0 aliphatic carbocycles. The van der Waals surface area contributed by atoms with Crippen molar-refractivity contribution in [1.29, 1.82) is 0 Å². The molecule has 28 heavy (non-hydrogen) atoms. The first-order valence-corrected chi connectivity index (χ1v) is 8.66. The average Bonchev–Trinajstić information content (AvgIpc) is 3.25. The number of aromatic nitrogens is 4. The third-order valence-corrected chi connectivity index (χ3v) is 4.72. The van der Waals surface area contributed by atoms with Gasteiger partial charge < -0.3 is 19.0 Å². The standard InChI is InChI=1S/C20H19FN4O3/c1-10-17(11(2)28-25-10)12-5-14-16(9-23-19(14)22-7-12)18(26-3)15-6-13(21)8-24-20(15)27-4/h5-9,18H,1-4H3,(H,22,23). The molecule has 1 unspecified atom stereocenters. The predicted octanol–water partition coefficient (Wildman–Crippen LogP) is 4.11. The fraction of sp³-hybridized carbons (Fsp3) is 0.250. The zero-order chi connectivity index (χ0) is 19.8.